The molecule has 3 rings (SSSR count). The number of pyridine rings is 1. The summed E-state index contributed by atoms with van der Waals surface area (Å²) in [4.78, 5) is 43.6. The van der Waals surface area contributed by atoms with E-state index in [1.165, 1.54) is 23.1 Å². The van der Waals surface area contributed by atoms with E-state index in [2.05, 4.69) is 22.4 Å². The van der Waals surface area contributed by atoms with Gasteiger partial charge in [0.15, 0.2) is 11.6 Å². The Morgan fingerprint density at radius 2 is 1.81 bits per heavy atom. The molecule has 1 saturated heterocycles. The molecule has 0 bridgehead atoms. The lowest BCUT2D eigenvalue weighted by Crippen LogP contribution is -2.51. The summed E-state index contributed by atoms with van der Waals surface area (Å²) >= 11 is 6.25. The van der Waals surface area contributed by atoms with Crippen LogP contribution in [0.1, 0.15) is 74.9 Å². The smallest absolute Gasteiger partial charge is 0.413 e. The lowest BCUT2D eigenvalue weighted by Gasteiger charge is -2.35. The van der Waals surface area contributed by atoms with Crippen LogP contribution in [-0.4, -0.2) is 65.0 Å². The van der Waals surface area contributed by atoms with Gasteiger partial charge in [-0.15, -0.1) is 0 Å². The summed E-state index contributed by atoms with van der Waals surface area (Å²) < 4.78 is 37.1. The number of rotatable bonds is 8. The minimum absolute atomic E-state index is 0.124. The van der Waals surface area contributed by atoms with Crippen molar-refractivity contribution >= 4 is 29.5 Å². The molecule has 1 aromatic carbocycles. The monoisotopic (exact) mass is 622 g/mol. The summed E-state index contributed by atoms with van der Waals surface area (Å²) in [6, 6.07) is 4.36. The molecule has 1 aliphatic heterocycles. The molecule has 13 heteroatoms. The van der Waals surface area contributed by atoms with E-state index in [9.17, 15) is 18.8 Å². The molecule has 0 spiro atoms. The van der Waals surface area contributed by atoms with Gasteiger partial charge in [-0.25, -0.2) is 14.2 Å². The van der Waals surface area contributed by atoms with Gasteiger partial charge in [-0.2, -0.15) is 0 Å². The Hall–Kier alpha value is -3.90. The molecule has 236 valence electrons. The molecule has 2 N–H and O–H groups in total. The molecule has 43 heavy (non-hydrogen) atoms. The van der Waals surface area contributed by atoms with Crippen LogP contribution >= 0.6 is 11.6 Å². The summed E-state index contributed by atoms with van der Waals surface area (Å²) in [6.07, 6.45) is 0.940. The van der Waals surface area contributed by atoms with Gasteiger partial charge in [0, 0.05) is 23.4 Å². The third kappa shape index (κ3) is 9.82. The third-order valence-corrected chi connectivity index (χ3v) is 6.01. The van der Waals surface area contributed by atoms with Crippen molar-refractivity contribution in [3.05, 3.63) is 64.6 Å². The average Bonchev–Trinajstić information content (AvgIpc) is 3.24. The molecular weight excluding hydrogens is 583 g/mol. The fourth-order valence-corrected chi connectivity index (χ4v) is 4.17. The van der Waals surface area contributed by atoms with Crippen molar-refractivity contribution in [3.63, 3.8) is 0 Å². The normalized spacial score (nSPS) is 15.5. The highest BCUT2D eigenvalue weighted by molar-refractivity contribution is 6.34. The van der Waals surface area contributed by atoms with Gasteiger partial charge in [0.1, 0.15) is 24.5 Å². The van der Waals surface area contributed by atoms with Crippen LogP contribution in [0.15, 0.2) is 36.9 Å². The number of amides is 3. The molecule has 1 unspecified atom stereocenters. The third-order valence-electron chi connectivity index (χ3n) is 5.69. The van der Waals surface area contributed by atoms with E-state index in [1.54, 1.807) is 41.5 Å². The largest absolute Gasteiger partial charge is 0.488 e. The zero-order chi connectivity index (χ0) is 32.5. The first-order valence-electron chi connectivity index (χ1n) is 13.7. The predicted molar refractivity (Wildman–Crippen MR) is 160 cm³/mol. The molecule has 0 saturated carbocycles. The van der Waals surface area contributed by atoms with Crippen LogP contribution in [0.2, 0.25) is 5.02 Å². The zero-order valence-electron chi connectivity index (χ0n) is 25.8. The molecule has 0 aliphatic carbocycles. The van der Waals surface area contributed by atoms with Crippen molar-refractivity contribution in [3.8, 4) is 11.6 Å². The fraction of sp³-hybridized carbons (Fsp3) is 0.467. The highest BCUT2D eigenvalue weighted by atomic mass is 35.5. The van der Waals surface area contributed by atoms with Gasteiger partial charge in [0.05, 0.1) is 23.2 Å². The van der Waals surface area contributed by atoms with Crippen molar-refractivity contribution in [2.45, 2.75) is 72.8 Å². The maximum Gasteiger partial charge on any atom is 0.413 e. The molecule has 1 fully saturated rings. The number of carbonyl (C=O) groups is 3. The van der Waals surface area contributed by atoms with Crippen molar-refractivity contribution in [2.24, 2.45) is 0 Å². The van der Waals surface area contributed by atoms with Crippen molar-refractivity contribution < 1.29 is 37.7 Å². The van der Waals surface area contributed by atoms with Gasteiger partial charge < -0.3 is 18.9 Å². The van der Waals surface area contributed by atoms with E-state index < -0.39 is 41.1 Å². The molecular formula is C30H40ClFN4O7. The van der Waals surface area contributed by atoms with Crippen molar-refractivity contribution in [1.82, 2.24) is 20.7 Å². The van der Waals surface area contributed by atoms with E-state index in [1.807, 2.05) is 13.8 Å². The Labute approximate surface area is 256 Å². The van der Waals surface area contributed by atoms with Crippen LogP contribution in [0.25, 0.3) is 0 Å². The average molecular weight is 623 g/mol. The summed E-state index contributed by atoms with van der Waals surface area (Å²) in [5, 5.41) is -0.125. The van der Waals surface area contributed by atoms with Crippen LogP contribution in [0, 0.1) is 12.7 Å². The lowest BCUT2D eigenvalue weighted by molar-refractivity contribution is -0.0637. The number of hydrogen-bond donors (Lipinski definition) is 2. The number of benzene rings is 1. The fourth-order valence-electron chi connectivity index (χ4n) is 3.93. The molecule has 1 atom stereocenters. The number of carbonyl (C=O) groups excluding carboxylic acids is 3. The first-order valence-corrected chi connectivity index (χ1v) is 14.1. The Morgan fingerprint density at radius 3 is 2.44 bits per heavy atom. The topological polar surface area (TPSA) is 128 Å². The molecule has 2 aromatic rings. The molecule has 1 aromatic heterocycles. The second-order valence-electron chi connectivity index (χ2n) is 10.7. The van der Waals surface area contributed by atoms with Crippen LogP contribution in [0.5, 0.6) is 11.6 Å². The van der Waals surface area contributed by atoms with Crippen LogP contribution < -0.4 is 20.3 Å². The number of aromatic nitrogens is 1. The van der Waals surface area contributed by atoms with Gasteiger partial charge in [0.25, 0.3) is 11.8 Å². The lowest BCUT2D eigenvalue weighted by atomic mass is 10.2. The minimum Gasteiger partial charge on any atom is -0.488 e. The molecule has 3 amide bonds. The van der Waals surface area contributed by atoms with Gasteiger partial charge in [-0.1, -0.05) is 38.1 Å². The van der Waals surface area contributed by atoms with Gasteiger partial charge in [0.2, 0.25) is 5.88 Å². The Kier molecular flexibility index (Phi) is 12.3. The first-order chi connectivity index (χ1) is 20.1. The molecule has 1 aliphatic rings. The first kappa shape index (κ1) is 35.3. The summed E-state index contributed by atoms with van der Waals surface area (Å²) in [5.74, 6) is -2.40. The van der Waals surface area contributed by atoms with Crippen LogP contribution in [-0.2, 0) is 9.47 Å². The molecule has 0 radical (unpaired) electrons. The SMILES string of the molecule is C=CCOc1cc(C(=O)NNC(=O)c2cc(F)c(OCC3COC(C)(C)N3C(=O)OC(C)(C)C)cc2Cl)cc(C)n1.CC. The number of halogens is 2. The summed E-state index contributed by atoms with van der Waals surface area (Å²) in [7, 11) is 0. The van der Waals surface area contributed by atoms with E-state index in [-0.39, 0.29) is 47.6 Å². The maximum absolute atomic E-state index is 14.9. The van der Waals surface area contributed by atoms with Gasteiger partial charge in [-0.05, 0) is 53.7 Å². The summed E-state index contributed by atoms with van der Waals surface area (Å²) in [6.45, 7) is 18.1. The van der Waals surface area contributed by atoms with E-state index >= 15 is 0 Å². The van der Waals surface area contributed by atoms with Crippen molar-refractivity contribution in [1.29, 1.82) is 0 Å². The standard InChI is InChI=1S/C28H34ClFN4O7.C2H6/c1-8-9-38-23-11-17(10-16(2)31-23)24(35)32-33-25(36)19-12-21(30)22(13-20(19)29)39-14-18-15-40-28(6,7)34(18)26(37)41-27(3,4)5;1-2/h8,10-13,18H,1,9,14-15H2,2-7H3,(H,32,35)(H,33,36);1-2H3. The van der Waals surface area contributed by atoms with E-state index in [0.29, 0.717) is 5.69 Å². The number of aryl methyl sites for hydroxylation is 1. The van der Waals surface area contributed by atoms with Crippen LogP contribution in [0.4, 0.5) is 9.18 Å². The number of hydrogen-bond acceptors (Lipinski definition) is 8. The Morgan fingerprint density at radius 1 is 1.16 bits per heavy atom. The quantitative estimate of drug-likeness (QED) is 0.288. The van der Waals surface area contributed by atoms with Gasteiger partial charge >= 0.3 is 6.09 Å². The highest BCUT2D eigenvalue weighted by Crippen LogP contribution is 2.31. The van der Waals surface area contributed by atoms with Crippen LogP contribution in [0.3, 0.4) is 0 Å². The summed E-state index contributed by atoms with van der Waals surface area (Å²) in [5.41, 5.74) is 3.23. The number of nitrogens with zero attached hydrogens (tertiary/aromatic N) is 2. The highest BCUT2D eigenvalue weighted by Gasteiger charge is 2.46. The zero-order valence-corrected chi connectivity index (χ0v) is 26.6. The second kappa shape index (κ2) is 15.0. The number of hydrazine groups is 1. The molecule has 11 nitrogen and oxygen atoms in total. The van der Waals surface area contributed by atoms with Crippen molar-refractivity contribution in [2.75, 3.05) is 19.8 Å². The maximum atomic E-state index is 14.9. The van der Waals surface area contributed by atoms with E-state index in [4.69, 9.17) is 30.5 Å². The number of ether oxygens (including phenoxy) is 4. The Bertz CT molecular complexity index is 1330. The predicted octanol–water partition coefficient (Wildman–Crippen LogP) is 5.60. The van der Waals surface area contributed by atoms with Gasteiger partial charge in [-0.3, -0.25) is 25.3 Å². The second-order valence-corrected chi connectivity index (χ2v) is 11.1. The van der Waals surface area contributed by atoms with E-state index in [0.717, 1.165) is 12.1 Å². The number of nitrogens with one attached hydrogen (secondary N) is 2. The minimum atomic E-state index is -0.964. The molecule has 2 heterocycles. The Balaban J connectivity index is 0.00000316.